The van der Waals surface area contributed by atoms with Crippen molar-refractivity contribution < 1.29 is 14.6 Å². The predicted molar refractivity (Wildman–Crippen MR) is 123 cm³/mol. The van der Waals surface area contributed by atoms with Crippen molar-refractivity contribution in [1.29, 1.82) is 0 Å². The first kappa shape index (κ1) is 21.9. The van der Waals surface area contributed by atoms with Crippen LogP contribution in [-0.2, 0) is 6.42 Å². The molecule has 3 rings (SSSR count). The Labute approximate surface area is 182 Å². The summed E-state index contributed by atoms with van der Waals surface area (Å²) in [6.45, 7) is 10.0. The molecule has 0 aliphatic heterocycles. The third-order valence-corrected chi connectivity index (χ3v) is 4.86. The number of carbonyl (C=O) groups is 1. The van der Waals surface area contributed by atoms with Crippen LogP contribution in [0.3, 0.4) is 0 Å². The molecule has 1 aromatic heterocycles. The van der Waals surface area contributed by atoms with Gasteiger partial charge in [-0.05, 0) is 75.2 Å². The zero-order chi connectivity index (χ0) is 22.4. The topological polar surface area (TPSA) is 75.9 Å². The molecule has 0 bridgehead atoms. The molecule has 0 atom stereocenters. The van der Waals surface area contributed by atoms with E-state index in [1.807, 2.05) is 51.1 Å². The number of phenolic OH excluding ortho intramolecular Hbond substituents is 1. The second-order valence-corrected chi connectivity index (χ2v) is 7.15. The van der Waals surface area contributed by atoms with Crippen LogP contribution in [0, 0.1) is 13.8 Å². The van der Waals surface area contributed by atoms with E-state index in [1.165, 1.54) is 6.21 Å². The zero-order valence-electron chi connectivity index (χ0n) is 18.1. The molecule has 0 radical (unpaired) electrons. The maximum Gasteiger partial charge on any atom is 0.271 e. The van der Waals surface area contributed by atoms with Crippen LogP contribution in [0.5, 0.6) is 11.5 Å². The molecule has 0 unspecified atom stereocenters. The van der Waals surface area contributed by atoms with Gasteiger partial charge in [-0.15, -0.1) is 6.58 Å². The largest absolute Gasteiger partial charge is 0.504 e. The Hall–Kier alpha value is -3.80. The van der Waals surface area contributed by atoms with Gasteiger partial charge in [0.25, 0.3) is 5.91 Å². The first-order valence-corrected chi connectivity index (χ1v) is 10.1. The van der Waals surface area contributed by atoms with Gasteiger partial charge in [-0.2, -0.15) is 5.10 Å². The molecule has 0 spiro atoms. The van der Waals surface area contributed by atoms with Gasteiger partial charge in [-0.3, -0.25) is 4.79 Å². The van der Waals surface area contributed by atoms with Gasteiger partial charge in [0.05, 0.1) is 12.8 Å². The molecule has 0 aliphatic carbocycles. The third-order valence-electron chi connectivity index (χ3n) is 4.86. The molecule has 1 amide bonds. The summed E-state index contributed by atoms with van der Waals surface area (Å²) < 4.78 is 7.58. The van der Waals surface area contributed by atoms with Crippen molar-refractivity contribution in [3.63, 3.8) is 0 Å². The molecule has 0 fully saturated rings. The van der Waals surface area contributed by atoms with E-state index in [0.717, 1.165) is 17.1 Å². The lowest BCUT2D eigenvalue weighted by Gasteiger charge is -2.11. The fourth-order valence-corrected chi connectivity index (χ4v) is 3.43. The summed E-state index contributed by atoms with van der Waals surface area (Å²) in [6.07, 6.45) is 3.72. The summed E-state index contributed by atoms with van der Waals surface area (Å²) in [5, 5.41) is 14.4. The van der Waals surface area contributed by atoms with Crippen LogP contribution in [-0.4, -0.2) is 28.4 Å². The molecule has 6 heteroatoms. The highest BCUT2D eigenvalue weighted by molar-refractivity contribution is 5.95. The molecule has 3 aromatic rings. The third kappa shape index (κ3) is 5.04. The van der Waals surface area contributed by atoms with Crippen molar-refractivity contribution >= 4 is 12.1 Å². The van der Waals surface area contributed by atoms with Crippen molar-refractivity contribution in [3.05, 3.63) is 89.3 Å². The lowest BCUT2D eigenvalue weighted by molar-refractivity contribution is 0.0955. The number of amides is 1. The number of benzene rings is 2. The number of aromatic hydroxyl groups is 1. The molecule has 0 saturated carbocycles. The number of hydrazone groups is 1. The second kappa shape index (κ2) is 9.80. The number of aromatic nitrogens is 1. The van der Waals surface area contributed by atoms with E-state index in [1.54, 1.807) is 24.3 Å². The van der Waals surface area contributed by atoms with Crippen molar-refractivity contribution in [2.45, 2.75) is 27.2 Å². The van der Waals surface area contributed by atoms with Gasteiger partial charge >= 0.3 is 0 Å². The van der Waals surface area contributed by atoms with E-state index in [9.17, 15) is 9.90 Å². The standard InChI is InChI=1S/C25H27N3O3/c1-5-8-20-13-19(14-23(24(20)29)31-6-2)16-26-27-25(30)21-9-7-10-22(15-21)28-17(3)11-12-18(28)4/h5,7,9-16,29H,1,6,8H2,2-4H3,(H,27,30)/b26-16-. The van der Waals surface area contributed by atoms with E-state index >= 15 is 0 Å². The number of nitrogens with zero attached hydrogens (tertiary/aromatic N) is 2. The number of hydrogen-bond donors (Lipinski definition) is 2. The number of nitrogens with one attached hydrogen (secondary N) is 1. The Morgan fingerprint density at radius 2 is 1.94 bits per heavy atom. The molecule has 160 valence electrons. The SMILES string of the molecule is C=CCc1cc(/C=N\NC(=O)c2cccc(-n3c(C)ccc3C)c2)cc(OCC)c1O. The minimum absolute atomic E-state index is 0.0929. The van der Waals surface area contributed by atoms with E-state index < -0.39 is 0 Å². The maximum atomic E-state index is 12.6. The van der Waals surface area contributed by atoms with Gasteiger partial charge in [0.2, 0.25) is 0 Å². The summed E-state index contributed by atoms with van der Waals surface area (Å²) in [5.41, 5.74) is 7.57. The maximum absolute atomic E-state index is 12.6. The monoisotopic (exact) mass is 417 g/mol. The van der Waals surface area contributed by atoms with Crippen molar-refractivity contribution in [2.75, 3.05) is 6.61 Å². The molecule has 2 aromatic carbocycles. The van der Waals surface area contributed by atoms with E-state index in [-0.39, 0.29) is 11.7 Å². The normalized spacial score (nSPS) is 10.9. The lowest BCUT2D eigenvalue weighted by atomic mass is 10.1. The Morgan fingerprint density at radius 1 is 1.19 bits per heavy atom. The van der Waals surface area contributed by atoms with E-state index in [2.05, 4.69) is 21.7 Å². The second-order valence-electron chi connectivity index (χ2n) is 7.15. The number of aryl methyl sites for hydroxylation is 2. The number of rotatable bonds is 8. The molecule has 0 saturated heterocycles. The summed E-state index contributed by atoms with van der Waals surface area (Å²) in [5.74, 6) is 0.158. The zero-order valence-corrected chi connectivity index (χ0v) is 18.1. The van der Waals surface area contributed by atoms with Gasteiger partial charge in [0.15, 0.2) is 11.5 Å². The van der Waals surface area contributed by atoms with Gasteiger partial charge in [0.1, 0.15) is 0 Å². The average molecular weight is 418 g/mol. The highest BCUT2D eigenvalue weighted by Crippen LogP contribution is 2.32. The van der Waals surface area contributed by atoms with Gasteiger partial charge < -0.3 is 14.4 Å². The number of carbonyl (C=O) groups excluding carboxylic acids is 1. The molecule has 2 N–H and O–H groups in total. The Bertz CT molecular complexity index is 1110. The predicted octanol–water partition coefficient (Wildman–Crippen LogP) is 4.69. The number of ether oxygens (including phenoxy) is 1. The number of hydrogen-bond acceptors (Lipinski definition) is 4. The Morgan fingerprint density at radius 3 is 2.61 bits per heavy atom. The highest BCUT2D eigenvalue weighted by atomic mass is 16.5. The van der Waals surface area contributed by atoms with Crippen LogP contribution in [0.4, 0.5) is 0 Å². The minimum atomic E-state index is -0.310. The van der Waals surface area contributed by atoms with Crippen molar-refractivity contribution in [1.82, 2.24) is 9.99 Å². The molecular formula is C25H27N3O3. The molecule has 6 nitrogen and oxygen atoms in total. The number of phenols is 1. The molecule has 31 heavy (non-hydrogen) atoms. The summed E-state index contributed by atoms with van der Waals surface area (Å²) in [7, 11) is 0. The van der Waals surface area contributed by atoms with E-state index in [4.69, 9.17) is 4.74 Å². The molecular weight excluding hydrogens is 390 g/mol. The first-order valence-electron chi connectivity index (χ1n) is 10.1. The first-order chi connectivity index (χ1) is 14.9. The lowest BCUT2D eigenvalue weighted by Crippen LogP contribution is -2.18. The van der Waals surface area contributed by atoms with Crippen LogP contribution in [0.2, 0.25) is 0 Å². The fourth-order valence-electron chi connectivity index (χ4n) is 3.43. The molecule has 0 aliphatic rings. The quantitative estimate of drug-likeness (QED) is 0.317. The smallest absolute Gasteiger partial charge is 0.271 e. The van der Waals surface area contributed by atoms with Crippen molar-refractivity contribution in [3.8, 4) is 17.2 Å². The number of allylic oxidation sites excluding steroid dienone is 1. The van der Waals surface area contributed by atoms with Gasteiger partial charge in [0, 0.05) is 28.2 Å². The van der Waals surface area contributed by atoms with Crippen molar-refractivity contribution in [2.24, 2.45) is 5.10 Å². The van der Waals surface area contributed by atoms with E-state index in [0.29, 0.717) is 35.5 Å². The van der Waals surface area contributed by atoms with Crippen LogP contribution in [0.1, 0.15) is 39.8 Å². The summed E-state index contributed by atoms with van der Waals surface area (Å²) >= 11 is 0. The highest BCUT2D eigenvalue weighted by Gasteiger charge is 2.11. The van der Waals surface area contributed by atoms with Crippen LogP contribution >= 0.6 is 0 Å². The molecule has 1 heterocycles. The Kier molecular flexibility index (Phi) is 6.92. The van der Waals surface area contributed by atoms with Crippen LogP contribution in [0.25, 0.3) is 5.69 Å². The van der Waals surface area contributed by atoms with Crippen LogP contribution < -0.4 is 10.2 Å². The minimum Gasteiger partial charge on any atom is -0.504 e. The van der Waals surface area contributed by atoms with Crippen LogP contribution in [0.15, 0.2) is 66.3 Å². The average Bonchev–Trinajstić information content (AvgIpc) is 3.09. The van der Waals surface area contributed by atoms with Gasteiger partial charge in [-0.1, -0.05) is 12.1 Å². The fraction of sp³-hybridized carbons (Fsp3) is 0.200. The summed E-state index contributed by atoms with van der Waals surface area (Å²) in [4.78, 5) is 12.6. The summed E-state index contributed by atoms with van der Waals surface area (Å²) in [6, 6.07) is 14.9. The van der Waals surface area contributed by atoms with Gasteiger partial charge in [-0.25, -0.2) is 5.43 Å². The Balaban J connectivity index is 1.78.